The van der Waals surface area contributed by atoms with E-state index in [9.17, 15) is 14.9 Å². The summed E-state index contributed by atoms with van der Waals surface area (Å²) in [4.78, 5) is 25.6. The van der Waals surface area contributed by atoms with Gasteiger partial charge in [0.2, 0.25) is 0 Å². The van der Waals surface area contributed by atoms with Crippen molar-refractivity contribution in [2.45, 2.75) is 6.92 Å². The zero-order valence-electron chi connectivity index (χ0n) is 11.8. The van der Waals surface area contributed by atoms with Gasteiger partial charge in [0, 0.05) is 6.92 Å². The first-order chi connectivity index (χ1) is 10.5. The lowest BCUT2D eigenvalue weighted by molar-refractivity contribution is -0.384. The second-order valence-electron chi connectivity index (χ2n) is 4.16. The van der Waals surface area contributed by atoms with Crippen LogP contribution in [0.2, 0.25) is 0 Å². The standard InChI is InChI=1S/C14H12N2O6/c1-9(17)22-15-8-11-4-6-14(21-11)12-5-3-10(20-2)7-13(12)16(18)19/h3-8H,1-2H3/b15-8+. The molecule has 114 valence electrons. The van der Waals surface area contributed by atoms with E-state index in [1.165, 1.54) is 32.4 Å². The smallest absolute Gasteiger partial charge is 0.331 e. The Hall–Kier alpha value is -3.16. The zero-order chi connectivity index (χ0) is 16.1. The van der Waals surface area contributed by atoms with Crippen molar-refractivity contribution in [2.24, 2.45) is 5.16 Å². The third kappa shape index (κ3) is 3.48. The van der Waals surface area contributed by atoms with Crippen molar-refractivity contribution in [3.05, 3.63) is 46.2 Å². The molecule has 0 unspecified atom stereocenters. The van der Waals surface area contributed by atoms with Crippen LogP contribution in [0.4, 0.5) is 5.69 Å². The first kappa shape index (κ1) is 15.2. The Morgan fingerprint density at radius 2 is 2.14 bits per heavy atom. The molecule has 0 saturated carbocycles. The number of hydrogen-bond acceptors (Lipinski definition) is 7. The molecule has 0 aliphatic rings. The first-order valence-electron chi connectivity index (χ1n) is 6.15. The van der Waals surface area contributed by atoms with Crippen molar-refractivity contribution < 1.29 is 23.7 Å². The summed E-state index contributed by atoms with van der Waals surface area (Å²) >= 11 is 0. The predicted octanol–water partition coefficient (Wildman–Crippen LogP) is 2.76. The van der Waals surface area contributed by atoms with Crippen molar-refractivity contribution in [3.8, 4) is 17.1 Å². The van der Waals surface area contributed by atoms with Crippen molar-refractivity contribution in [2.75, 3.05) is 7.11 Å². The molecule has 0 atom stereocenters. The van der Waals surface area contributed by atoms with Gasteiger partial charge >= 0.3 is 5.97 Å². The molecule has 0 spiro atoms. The largest absolute Gasteiger partial charge is 0.497 e. The van der Waals surface area contributed by atoms with Crippen LogP contribution in [0, 0.1) is 10.1 Å². The number of nitro groups is 1. The lowest BCUT2D eigenvalue weighted by Gasteiger charge is -2.03. The van der Waals surface area contributed by atoms with Gasteiger partial charge < -0.3 is 14.0 Å². The van der Waals surface area contributed by atoms with E-state index in [0.717, 1.165) is 0 Å². The third-order valence-corrected chi connectivity index (χ3v) is 2.66. The van der Waals surface area contributed by atoms with E-state index in [1.807, 2.05) is 0 Å². The topological polar surface area (TPSA) is 104 Å². The molecule has 0 fully saturated rings. The second-order valence-corrected chi connectivity index (χ2v) is 4.16. The zero-order valence-corrected chi connectivity index (χ0v) is 11.8. The number of nitro benzene ring substituents is 1. The minimum Gasteiger partial charge on any atom is -0.497 e. The minimum absolute atomic E-state index is 0.142. The number of oxime groups is 1. The molecule has 0 N–H and O–H groups in total. The van der Waals surface area contributed by atoms with E-state index < -0.39 is 10.9 Å². The Balaban J connectivity index is 2.32. The highest BCUT2D eigenvalue weighted by atomic mass is 16.7. The summed E-state index contributed by atoms with van der Waals surface area (Å²) < 4.78 is 10.4. The van der Waals surface area contributed by atoms with Gasteiger partial charge in [-0.3, -0.25) is 10.1 Å². The lowest BCUT2D eigenvalue weighted by Crippen LogP contribution is -1.93. The molecule has 0 aliphatic heterocycles. The molecule has 0 radical (unpaired) electrons. The van der Waals surface area contributed by atoms with Gasteiger partial charge in [-0.25, -0.2) is 4.79 Å². The third-order valence-electron chi connectivity index (χ3n) is 2.66. The fourth-order valence-corrected chi connectivity index (χ4v) is 1.72. The molecule has 0 aliphatic carbocycles. The number of rotatable bonds is 5. The van der Waals surface area contributed by atoms with Crippen LogP contribution in [-0.2, 0) is 9.63 Å². The van der Waals surface area contributed by atoms with Crippen LogP contribution >= 0.6 is 0 Å². The van der Waals surface area contributed by atoms with Crippen LogP contribution in [0.25, 0.3) is 11.3 Å². The molecule has 2 aromatic rings. The fourth-order valence-electron chi connectivity index (χ4n) is 1.72. The lowest BCUT2D eigenvalue weighted by atomic mass is 10.1. The highest BCUT2D eigenvalue weighted by Crippen LogP contribution is 2.33. The summed E-state index contributed by atoms with van der Waals surface area (Å²) in [7, 11) is 1.43. The van der Waals surface area contributed by atoms with E-state index in [-0.39, 0.29) is 5.69 Å². The average molecular weight is 304 g/mol. The summed E-state index contributed by atoms with van der Waals surface area (Å²) in [6, 6.07) is 7.55. The maximum absolute atomic E-state index is 11.1. The van der Waals surface area contributed by atoms with Crippen LogP contribution in [0.5, 0.6) is 5.75 Å². The predicted molar refractivity (Wildman–Crippen MR) is 76.7 cm³/mol. The first-order valence-corrected chi connectivity index (χ1v) is 6.15. The van der Waals surface area contributed by atoms with Gasteiger partial charge in [-0.15, -0.1) is 0 Å². The normalized spacial score (nSPS) is 10.6. The van der Waals surface area contributed by atoms with Gasteiger partial charge in [0.1, 0.15) is 23.5 Å². The van der Waals surface area contributed by atoms with Gasteiger partial charge in [0.15, 0.2) is 0 Å². The van der Waals surface area contributed by atoms with Crippen molar-refractivity contribution in [3.63, 3.8) is 0 Å². The molecule has 1 heterocycles. The molecular formula is C14H12N2O6. The Morgan fingerprint density at radius 3 is 2.77 bits per heavy atom. The maximum atomic E-state index is 11.1. The van der Waals surface area contributed by atoms with Crippen molar-refractivity contribution in [1.29, 1.82) is 0 Å². The molecule has 0 amide bonds. The van der Waals surface area contributed by atoms with E-state index in [2.05, 4.69) is 9.99 Å². The van der Waals surface area contributed by atoms with Gasteiger partial charge in [-0.1, -0.05) is 5.16 Å². The Bertz CT molecular complexity index is 735. The number of carbonyl (C=O) groups is 1. The molecule has 8 nitrogen and oxygen atoms in total. The van der Waals surface area contributed by atoms with Crippen LogP contribution in [0.15, 0.2) is 39.9 Å². The molecular weight excluding hydrogens is 292 g/mol. The summed E-state index contributed by atoms with van der Waals surface area (Å²) in [5.74, 6) is 0.396. The monoisotopic (exact) mass is 304 g/mol. The molecule has 2 rings (SSSR count). The summed E-state index contributed by atoms with van der Waals surface area (Å²) in [6.07, 6.45) is 1.19. The van der Waals surface area contributed by atoms with E-state index >= 15 is 0 Å². The highest BCUT2D eigenvalue weighted by molar-refractivity contribution is 5.79. The molecule has 8 heteroatoms. The number of furan rings is 1. The van der Waals surface area contributed by atoms with Gasteiger partial charge in [0.25, 0.3) is 5.69 Å². The Kier molecular flexibility index (Phi) is 4.52. The van der Waals surface area contributed by atoms with E-state index in [0.29, 0.717) is 22.8 Å². The van der Waals surface area contributed by atoms with Crippen LogP contribution in [0.1, 0.15) is 12.7 Å². The van der Waals surface area contributed by atoms with Gasteiger partial charge in [-0.05, 0) is 24.3 Å². The number of nitrogens with zero attached hydrogens (tertiary/aromatic N) is 2. The summed E-state index contributed by atoms with van der Waals surface area (Å²) in [5.41, 5.74) is 0.162. The number of benzene rings is 1. The van der Waals surface area contributed by atoms with Crippen molar-refractivity contribution in [1.82, 2.24) is 0 Å². The molecule has 0 saturated heterocycles. The SMILES string of the molecule is COc1ccc(-c2ccc(/C=N/OC(C)=O)o2)c([N+](=O)[O-])c1. The van der Waals surface area contributed by atoms with Crippen molar-refractivity contribution >= 4 is 17.9 Å². The molecule has 0 bridgehead atoms. The molecule has 1 aromatic carbocycles. The summed E-state index contributed by atoms with van der Waals surface area (Å²) in [6.45, 7) is 1.21. The Morgan fingerprint density at radius 1 is 1.36 bits per heavy atom. The number of methoxy groups -OCH3 is 1. The highest BCUT2D eigenvalue weighted by Gasteiger charge is 2.19. The van der Waals surface area contributed by atoms with Crippen LogP contribution in [0.3, 0.4) is 0 Å². The summed E-state index contributed by atoms with van der Waals surface area (Å²) in [5, 5.41) is 14.6. The Labute approximate surface area is 125 Å². The fraction of sp³-hybridized carbons (Fsp3) is 0.143. The number of hydrogen-bond donors (Lipinski definition) is 0. The molecule has 22 heavy (non-hydrogen) atoms. The average Bonchev–Trinajstić information content (AvgIpc) is 2.94. The number of ether oxygens (including phenoxy) is 1. The van der Waals surface area contributed by atoms with Crippen LogP contribution < -0.4 is 4.74 Å². The maximum Gasteiger partial charge on any atom is 0.331 e. The van der Waals surface area contributed by atoms with Gasteiger partial charge in [-0.2, -0.15) is 0 Å². The molecule has 1 aromatic heterocycles. The minimum atomic E-state index is -0.561. The van der Waals surface area contributed by atoms with Crippen LogP contribution in [-0.4, -0.2) is 24.2 Å². The van der Waals surface area contributed by atoms with Gasteiger partial charge in [0.05, 0.1) is 23.7 Å². The van der Waals surface area contributed by atoms with E-state index in [4.69, 9.17) is 9.15 Å². The van der Waals surface area contributed by atoms with E-state index in [1.54, 1.807) is 18.2 Å². The number of carbonyl (C=O) groups excluding carboxylic acids is 1. The second kappa shape index (κ2) is 6.53. The quantitative estimate of drug-likeness (QED) is 0.364.